The predicted molar refractivity (Wildman–Crippen MR) is 81.5 cm³/mol. The number of carbonyl (C=O) groups excluding carboxylic acids is 2. The van der Waals surface area contributed by atoms with Gasteiger partial charge in [-0.2, -0.15) is 0 Å². The Morgan fingerprint density at radius 1 is 1.15 bits per heavy atom. The molecule has 1 aliphatic heterocycles. The van der Waals surface area contributed by atoms with Crippen LogP contribution in [0.25, 0.3) is 0 Å². The molecule has 2 rings (SSSR count). The maximum absolute atomic E-state index is 11.8. The molecule has 1 aliphatic rings. The summed E-state index contributed by atoms with van der Waals surface area (Å²) in [5.74, 6) is -0.0951. The number of nitrogens with zero attached hydrogens (tertiary/aromatic N) is 1. The Bertz CT molecular complexity index is 487. The van der Waals surface area contributed by atoms with E-state index < -0.39 is 0 Å². The number of nitrogens with one attached hydrogen (secondary N) is 2. The van der Waals surface area contributed by atoms with Gasteiger partial charge in [-0.3, -0.25) is 14.9 Å². The number of halogens is 1. The Hall–Kier alpha value is -1.40. The zero-order valence-electron chi connectivity index (χ0n) is 11.2. The van der Waals surface area contributed by atoms with Crippen LogP contribution in [0.4, 0.5) is 5.69 Å². The first-order chi connectivity index (χ1) is 9.66. The molecule has 0 radical (unpaired) electrons. The monoisotopic (exact) mass is 339 g/mol. The van der Waals surface area contributed by atoms with Gasteiger partial charge in [-0.25, -0.2) is 0 Å². The quantitative estimate of drug-likeness (QED) is 0.856. The third kappa shape index (κ3) is 4.31. The van der Waals surface area contributed by atoms with Gasteiger partial charge >= 0.3 is 0 Å². The summed E-state index contributed by atoms with van der Waals surface area (Å²) in [4.78, 5) is 25.3. The molecule has 0 unspecified atom stereocenters. The molecular formula is C14H18BrN3O2. The molecule has 0 saturated carbocycles. The van der Waals surface area contributed by atoms with E-state index in [0.29, 0.717) is 0 Å². The third-order valence-electron chi connectivity index (χ3n) is 3.17. The maximum atomic E-state index is 11.8. The first-order valence-corrected chi connectivity index (χ1v) is 7.49. The van der Waals surface area contributed by atoms with Gasteiger partial charge in [0.25, 0.3) is 0 Å². The van der Waals surface area contributed by atoms with E-state index >= 15 is 0 Å². The molecule has 0 aromatic heterocycles. The molecular weight excluding hydrogens is 322 g/mol. The molecule has 2 N–H and O–H groups in total. The van der Waals surface area contributed by atoms with Crippen molar-refractivity contribution in [2.24, 2.45) is 0 Å². The zero-order valence-corrected chi connectivity index (χ0v) is 12.8. The molecule has 2 amide bonds. The fourth-order valence-electron chi connectivity index (χ4n) is 2.12. The van der Waals surface area contributed by atoms with E-state index in [-0.39, 0.29) is 24.9 Å². The summed E-state index contributed by atoms with van der Waals surface area (Å²) in [5, 5.41) is 5.66. The van der Waals surface area contributed by atoms with E-state index in [9.17, 15) is 9.59 Å². The fourth-order valence-corrected chi connectivity index (χ4v) is 2.50. The van der Waals surface area contributed by atoms with Crippen molar-refractivity contribution in [3.8, 4) is 0 Å². The highest BCUT2D eigenvalue weighted by molar-refractivity contribution is 9.10. The van der Waals surface area contributed by atoms with Crippen molar-refractivity contribution in [1.82, 2.24) is 10.2 Å². The second-order valence-electron chi connectivity index (χ2n) is 4.72. The molecule has 0 atom stereocenters. The van der Waals surface area contributed by atoms with Gasteiger partial charge in [0.05, 0.1) is 18.8 Å². The van der Waals surface area contributed by atoms with Gasteiger partial charge in [0.2, 0.25) is 11.8 Å². The highest BCUT2D eigenvalue weighted by atomic mass is 79.9. The van der Waals surface area contributed by atoms with Gasteiger partial charge in [0.1, 0.15) is 0 Å². The summed E-state index contributed by atoms with van der Waals surface area (Å²) in [6.07, 6.45) is 2.16. The fraction of sp³-hybridized carbons (Fsp3) is 0.429. The molecule has 1 heterocycles. The topological polar surface area (TPSA) is 61.4 Å². The van der Waals surface area contributed by atoms with Crippen LogP contribution in [-0.2, 0) is 9.59 Å². The predicted octanol–water partition coefficient (Wildman–Crippen LogP) is 1.60. The minimum absolute atomic E-state index is 0.0659. The highest BCUT2D eigenvalue weighted by Crippen LogP contribution is 2.20. The molecule has 0 bridgehead atoms. The van der Waals surface area contributed by atoms with Crippen LogP contribution in [0.15, 0.2) is 28.7 Å². The molecule has 1 fully saturated rings. The third-order valence-corrected chi connectivity index (χ3v) is 3.86. The van der Waals surface area contributed by atoms with Crippen LogP contribution in [0.5, 0.6) is 0 Å². The van der Waals surface area contributed by atoms with Crippen LogP contribution in [0, 0.1) is 0 Å². The Labute approximate surface area is 126 Å². The second kappa shape index (κ2) is 7.40. The number of hydrogen-bond donors (Lipinski definition) is 2. The van der Waals surface area contributed by atoms with E-state index in [0.717, 1.165) is 36.1 Å². The first kappa shape index (κ1) is 15.0. The number of amides is 2. The smallest absolute Gasteiger partial charge is 0.238 e. The lowest BCUT2D eigenvalue weighted by Gasteiger charge is -2.15. The number of carbonyl (C=O) groups is 2. The number of anilines is 1. The minimum Gasteiger partial charge on any atom is -0.342 e. The largest absolute Gasteiger partial charge is 0.342 e. The number of rotatable bonds is 5. The van der Waals surface area contributed by atoms with Crippen LogP contribution in [0.3, 0.4) is 0 Å². The SMILES string of the molecule is O=C(CNCC(=O)N1CCCC1)Nc1ccccc1Br. The lowest BCUT2D eigenvalue weighted by Crippen LogP contribution is -2.39. The standard InChI is InChI=1S/C14H18BrN3O2/c15-11-5-1-2-6-12(11)17-13(19)9-16-10-14(20)18-7-3-4-8-18/h1-2,5-6,16H,3-4,7-10H2,(H,17,19). The van der Waals surface area contributed by atoms with Crippen LogP contribution in [0.2, 0.25) is 0 Å². The number of hydrogen-bond acceptors (Lipinski definition) is 3. The van der Waals surface area contributed by atoms with Gasteiger partial charge in [-0.05, 0) is 40.9 Å². The van der Waals surface area contributed by atoms with Crippen LogP contribution < -0.4 is 10.6 Å². The van der Waals surface area contributed by atoms with Crippen molar-refractivity contribution in [3.05, 3.63) is 28.7 Å². The summed E-state index contributed by atoms with van der Waals surface area (Å²) in [6, 6.07) is 7.41. The second-order valence-corrected chi connectivity index (χ2v) is 5.57. The molecule has 1 saturated heterocycles. The number of likely N-dealkylation sites (tertiary alicyclic amines) is 1. The molecule has 5 nitrogen and oxygen atoms in total. The van der Waals surface area contributed by atoms with Crippen LogP contribution in [0.1, 0.15) is 12.8 Å². The van der Waals surface area contributed by atoms with E-state index in [2.05, 4.69) is 26.6 Å². The van der Waals surface area contributed by atoms with Gasteiger partial charge < -0.3 is 10.2 Å². The van der Waals surface area contributed by atoms with Crippen LogP contribution in [-0.4, -0.2) is 42.9 Å². The Kier molecular flexibility index (Phi) is 5.55. The Morgan fingerprint density at radius 3 is 2.55 bits per heavy atom. The van der Waals surface area contributed by atoms with E-state index in [4.69, 9.17) is 0 Å². The summed E-state index contributed by atoms with van der Waals surface area (Å²) in [6.45, 7) is 2.01. The lowest BCUT2D eigenvalue weighted by atomic mass is 10.3. The maximum Gasteiger partial charge on any atom is 0.238 e. The molecule has 6 heteroatoms. The normalized spacial score (nSPS) is 14.3. The van der Waals surface area contributed by atoms with Crippen molar-refractivity contribution >= 4 is 33.4 Å². The van der Waals surface area contributed by atoms with Gasteiger partial charge in [-0.15, -0.1) is 0 Å². The number of benzene rings is 1. The van der Waals surface area contributed by atoms with Gasteiger partial charge in [-0.1, -0.05) is 12.1 Å². The van der Waals surface area contributed by atoms with Crippen molar-refractivity contribution in [3.63, 3.8) is 0 Å². The molecule has 0 spiro atoms. The summed E-state index contributed by atoms with van der Waals surface area (Å²) in [7, 11) is 0. The summed E-state index contributed by atoms with van der Waals surface area (Å²) < 4.78 is 0.835. The molecule has 108 valence electrons. The molecule has 1 aromatic rings. The zero-order chi connectivity index (χ0) is 14.4. The Morgan fingerprint density at radius 2 is 1.85 bits per heavy atom. The molecule has 1 aromatic carbocycles. The summed E-state index contributed by atoms with van der Waals surface area (Å²) >= 11 is 3.36. The highest BCUT2D eigenvalue weighted by Gasteiger charge is 2.17. The minimum atomic E-state index is -0.161. The first-order valence-electron chi connectivity index (χ1n) is 6.69. The van der Waals surface area contributed by atoms with Gasteiger partial charge in [0.15, 0.2) is 0 Å². The van der Waals surface area contributed by atoms with Crippen molar-refractivity contribution < 1.29 is 9.59 Å². The lowest BCUT2D eigenvalue weighted by molar-refractivity contribution is -0.129. The van der Waals surface area contributed by atoms with Crippen molar-refractivity contribution in [2.75, 3.05) is 31.5 Å². The number of para-hydroxylation sites is 1. The summed E-state index contributed by atoms with van der Waals surface area (Å²) in [5.41, 5.74) is 0.727. The van der Waals surface area contributed by atoms with E-state index in [1.165, 1.54) is 0 Å². The van der Waals surface area contributed by atoms with Crippen LogP contribution >= 0.6 is 15.9 Å². The van der Waals surface area contributed by atoms with E-state index in [1.807, 2.05) is 29.2 Å². The molecule has 20 heavy (non-hydrogen) atoms. The van der Waals surface area contributed by atoms with Crippen molar-refractivity contribution in [2.45, 2.75) is 12.8 Å². The van der Waals surface area contributed by atoms with Crippen molar-refractivity contribution in [1.29, 1.82) is 0 Å². The van der Waals surface area contributed by atoms with E-state index in [1.54, 1.807) is 0 Å². The van der Waals surface area contributed by atoms with Gasteiger partial charge in [0, 0.05) is 17.6 Å². The average molecular weight is 340 g/mol. The Balaban J connectivity index is 1.70. The average Bonchev–Trinajstić information content (AvgIpc) is 2.95. The molecule has 0 aliphatic carbocycles.